The zero-order valence-electron chi connectivity index (χ0n) is 17.8. The quantitative estimate of drug-likeness (QED) is 0.635. The molecule has 3 aromatic rings. The van der Waals surface area contributed by atoms with Gasteiger partial charge in [-0.25, -0.2) is 0 Å². The first-order valence-electron chi connectivity index (χ1n) is 10.4. The monoisotopic (exact) mass is 418 g/mol. The molecular formula is C24H26N4O3. The first-order valence-corrected chi connectivity index (χ1v) is 10.4. The van der Waals surface area contributed by atoms with Gasteiger partial charge >= 0.3 is 0 Å². The third kappa shape index (κ3) is 4.35. The van der Waals surface area contributed by atoms with Crippen LogP contribution in [-0.4, -0.2) is 58.9 Å². The number of hydrogen-bond donors (Lipinski definition) is 0. The predicted molar refractivity (Wildman–Crippen MR) is 116 cm³/mol. The van der Waals surface area contributed by atoms with Gasteiger partial charge in [0, 0.05) is 51.4 Å². The molecular weight excluding hydrogens is 392 g/mol. The largest absolute Gasteiger partial charge is 0.361 e. The molecule has 7 nitrogen and oxygen atoms in total. The van der Waals surface area contributed by atoms with Crippen LogP contribution in [0.25, 0.3) is 11.3 Å². The highest BCUT2D eigenvalue weighted by molar-refractivity contribution is 5.93. The van der Waals surface area contributed by atoms with Gasteiger partial charge in [-0.2, -0.15) is 0 Å². The smallest absolute Gasteiger partial charge is 0.272 e. The summed E-state index contributed by atoms with van der Waals surface area (Å²) in [7, 11) is 3.50. The molecule has 3 heterocycles. The molecule has 1 aromatic carbocycles. The first-order chi connectivity index (χ1) is 15.0. The molecule has 0 unspecified atom stereocenters. The van der Waals surface area contributed by atoms with Crippen molar-refractivity contribution >= 4 is 11.8 Å². The summed E-state index contributed by atoms with van der Waals surface area (Å²) >= 11 is 0. The molecule has 0 N–H and O–H groups in total. The lowest BCUT2D eigenvalue weighted by Gasteiger charge is -2.42. The van der Waals surface area contributed by atoms with Gasteiger partial charge in [-0.1, -0.05) is 41.6 Å². The maximum Gasteiger partial charge on any atom is 0.272 e. The zero-order chi connectivity index (χ0) is 21.8. The van der Waals surface area contributed by atoms with E-state index in [2.05, 4.69) is 10.1 Å². The Bertz CT molecular complexity index is 1050. The van der Waals surface area contributed by atoms with E-state index in [0.717, 1.165) is 17.7 Å². The summed E-state index contributed by atoms with van der Waals surface area (Å²) in [6.45, 7) is 0.921. The van der Waals surface area contributed by atoms with Gasteiger partial charge in [0.2, 0.25) is 5.91 Å². The van der Waals surface area contributed by atoms with Gasteiger partial charge in [0.15, 0.2) is 0 Å². The molecule has 7 heteroatoms. The van der Waals surface area contributed by atoms with Crippen LogP contribution in [-0.2, 0) is 11.2 Å². The minimum atomic E-state index is -0.764. The molecule has 4 rings (SSSR count). The van der Waals surface area contributed by atoms with Crippen LogP contribution in [0.1, 0.15) is 29.1 Å². The van der Waals surface area contributed by atoms with Crippen molar-refractivity contribution in [2.45, 2.75) is 19.3 Å². The number of piperidine rings is 1. The number of nitrogens with zero attached hydrogens (tertiary/aromatic N) is 4. The highest BCUT2D eigenvalue weighted by atomic mass is 16.5. The number of hydrogen-bond acceptors (Lipinski definition) is 5. The van der Waals surface area contributed by atoms with Gasteiger partial charge in [-0.15, -0.1) is 0 Å². The maximum atomic E-state index is 13.3. The summed E-state index contributed by atoms with van der Waals surface area (Å²) in [5.41, 5.74) is 1.32. The summed E-state index contributed by atoms with van der Waals surface area (Å²) in [4.78, 5) is 33.9. The SMILES string of the molecule is CN(C)C(=O)[C@@]1(Cc2cc(-c3ccccc3)no2)CCCN(C(=O)c2ccccn2)C1. The maximum absolute atomic E-state index is 13.3. The van der Waals surface area contributed by atoms with E-state index in [4.69, 9.17) is 4.52 Å². The van der Waals surface area contributed by atoms with Crippen LogP contribution < -0.4 is 0 Å². The predicted octanol–water partition coefficient (Wildman–Crippen LogP) is 3.29. The van der Waals surface area contributed by atoms with Gasteiger partial charge in [0.05, 0.1) is 5.41 Å². The number of rotatable bonds is 5. The highest BCUT2D eigenvalue weighted by Crippen LogP contribution is 2.36. The van der Waals surface area contributed by atoms with Crippen molar-refractivity contribution in [2.24, 2.45) is 5.41 Å². The van der Waals surface area contributed by atoms with Gasteiger partial charge in [-0.05, 0) is 25.0 Å². The Balaban J connectivity index is 1.61. The van der Waals surface area contributed by atoms with Gasteiger partial charge in [0.25, 0.3) is 5.91 Å². The Labute approximate surface area is 181 Å². The van der Waals surface area contributed by atoms with E-state index in [0.29, 0.717) is 37.4 Å². The normalized spacial score (nSPS) is 18.6. The van der Waals surface area contributed by atoms with Crippen molar-refractivity contribution in [2.75, 3.05) is 27.2 Å². The Kier molecular flexibility index (Phi) is 5.84. The molecule has 1 saturated heterocycles. The second-order valence-corrected chi connectivity index (χ2v) is 8.25. The minimum absolute atomic E-state index is 0.0105. The topological polar surface area (TPSA) is 79.5 Å². The van der Waals surface area contributed by atoms with Crippen molar-refractivity contribution < 1.29 is 14.1 Å². The van der Waals surface area contributed by atoms with Crippen LogP contribution in [0, 0.1) is 5.41 Å². The summed E-state index contributed by atoms with van der Waals surface area (Å²) < 4.78 is 5.62. The number of aromatic nitrogens is 2. The van der Waals surface area contributed by atoms with Crippen molar-refractivity contribution in [3.8, 4) is 11.3 Å². The van der Waals surface area contributed by atoms with Gasteiger partial charge in [0.1, 0.15) is 17.1 Å². The summed E-state index contributed by atoms with van der Waals surface area (Å²) in [5, 5.41) is 4.20. The van der Waals surface area contributed by atoms with Crippen molar-refractivity contribution in [3.05, 3.63) is 72.2 Å². The van der Waals surface area contributed by atoms with Crippen LogP contribution in [0.5, 0.6) is 0 Å². The molecule has 2 amide bonds. The van der Waals surface area contributed by atoms with Gasteiger partial charge < -0.3 is 14.3 Å². The Morgan fingerprint density at radius 3 is 2.61 bits per heavy atom. The minimum Gasteiger partial charge on any atom is -0.361 e. The molecule has 1 atom stereocenters. The second-order valence-electron chi connectivity index (χ2n) is 8.25. The molecule has 1 fully saturated rings. The van der Waals surface area contributed by atoms with E-state index in [9.17, 15) is 9.59 Å². The molecule has 0 spiro atoms. The fourth-order valence-electron chi connectivity index (χ4n) is 4.30. The lowest BCUT2D eigenvalue weighted by molar-refractivity contribution is -0.142. The van der Waals surface area contributed by atoms with Crippen molar-refractivity contribution in [3.63, 3.8) is 0 Å². The summed E-state index contributed by atoms with van der Waals surface area (Å²) in [6, 6.07) is 16.9. The van der Waals surface area contributed by atoms with Crippen molar-refractivity contribution in [1.82, 2.24) is 19.9 Å². The molecule has 0 aliphatic carbocycles. The molecule has 0 bridgehead atoms. The van der Waals surface area contributed by atoms with Crippen LogP contribution in [0.3, 0.4) is 0 Å². The standard InChI is InChI=1S/C24H26N4O3/c1-27(2)23(30)24(16-19-15-21(26-31-19)18-9-4-3-5-10-18)12-8-14-28(17-24)22(29)20-11-6-7-13-25-20/h3-7,9-11,13,15H,8,12,14,16-17H2,1-2H3/t24-/m1/s1. The number of pyridine rings is 1. The Morgan fingerprint density at radius 1 is 1.13 bits per heavy atom. The number of likely N-dealkylation sites (tertiary alicyclic amines) is 1. The number of benzene rings is 1. The molecule has 2 aromatic heterocycles. The van der Waals surface area contributed by atoms with E-state index in [1.54, 1.807) is 48.3 Å². The van der Waals surface area contributed by atoms with Crippen molar-refractivity contribution in [1.29, 1.82) is 0 Å². The lowest BCUT2D eigenvalue weighted by Crippen LogP contribution is -2.54. The summed E-state index contributed by atoms with van der Waals surface area (Å²) in [6.07, 6.45) is 3.40. The average Bonchev–Trinajstić information content (AvgIpc) is 3.27. The second kappa shape index (κ2) is 8.71. The molecule has 31 heavy (non-hydrogen) atoms. The highest BCUT2D eigenvalue weighted by Gasteiger charge is 2.45. The van der Waals surface area contributed by atoms with Crippen LogP contribution in [0.2, 0.25) is 0 Å². The first kappa shape index (κ1) is 20.8. The third-order valence-corrected chi connectivity index (χ3v) is 5.75. The van der Waals surface area contributed by atoms with Gasteiger partial charge in [-0.3, -0.25) is 14.6 Å². The van der Waals surface area contributed by atoms with E-state index >= 15 is 0 Å². The molecule has 1 aliphatic heterocycles. The van der Waals surface area contributed by atoms with E-state index in [-0.39, 0.29) is 11.8 Å². The fourth-order valence-corrected chi connectivity index (χ4v) is 4.30. The van der Waals surface area contributed by atoms with Crippen LogP contribution >= 0.6 is 0 Å². The Morgan fingerprint density at radius 2 is 1.90 bits per heavy atom. The van der Waals surface area contributed by atoms with E-state index in [1.165, 1.54) is 0 Å². The molecule has 1 aliphatic rings. The number of carbonyl (C=O) groups is 2. The van der Waals surface area contributed by atoms with E-state index < -0.39 is 5.41 Å². The number of amides is 2. The molecule has 0 radical (unpaired) electrons. The fraction of sp³-hybridized carbons (Fsp3) is 0.333. The van der Waals surface area contributed by atoms with Crippen LogP contribution in [0.15, 0.2) is 65.3 Å². The molecule has 160 valence electrons. The lowest BCUT2D eigenvalue weighted by atomic mass is 9.75. The molecule has 0 saturated carbocycles. The number of carbonyl (C=O) groups excluding carboxylic acids is 2. The van der Waals surface area contributed by atoms with Crippen LogP contribution in [0.4, 0.5) is 0 Å². The van der Waals surface area contributed by atoms with E-state index in [1.807, 2.05) is 36.4 Å². The summed E-state index contributed by atoms with van der Waals surface area (Å²) in [5.74, 6) is 0.476. The third-order valence-electron chi connectivity index (χ3n) is 5.75. The zero-order valence-corrected chi connectivity index (χ0v) is 17.8. The average molecular weight is 418 g/mol. The Hall–Kier alpha value is -3.48.